The van der Waals surface area contributed by atoms with E-state index in [0.717, 1.165) is 0 Å². The van der Waals surface area contributed by atoms with Crippen molar-refractivity contribution >= 4 is 5.91 Å². The van der Waals surface area contributed by atoms with Crippen molar-refractivity contribution in [1.29, 1.82) is 0 Å². The molecular formula is C6H14N2O2. The normalized spacial score (nSPS) is 13.3. The molecule has 1 unspecified atom stereocenters. The molecule has 0 bridgehead atoms. The van der Waals surface area contributed by atoms with Crippen LogP contribution in [0.3, 0.4) is 0 Å². The van der Waals surface area contributed by atoms with Crippen molar-refractivity contribution in [3.05, 3.63) is 0 Å². The van der Waals surface area contributed by atoms with Gasteiger partial charge in [0, 0.05) is 6.04 Å². The van der Waals surface area contributed by atoms with Crippen LogP contribution in [0.1, 0.15) is 20.8 Å². The fraction of sp³-hybridized carbons (Fsp3) is 0.833. The molecule has 0 aromatic rings. The molecule has 0 heterocycles. The van der Waals surface area contributed by atoms with E-state index in [-0.39, 0.29) is 6.04 Å². The number of hydrogen-bond acceptors (Lipinski definition) is 3. The molecule has 0 aliphatic heterocycles. The third-order valence-corrected chi connectivity index (χ3v) is 0.863. The summed E-state index contributed by atoms with van der Waals surface area (Å²) in [6.07, 6.45) is -0.953. The highest BCUT2D eigenvalue weighted by Gasteiger charge is 2.06. The van der Waals surface area contributed by atoms with E-state index in [1.807, 2.05) is 13.8 Å². The molecule has 0 aromatic carbocycles. The Morgan fingerprint density at radius 3 is 2.20 bits per heavy atom. The van der Waals surface area contributed by atoms with Crippen LogP contribution in [0.5, 0.6) is 0 Å². The largest absolute Gasteiger partial charge is 0.384 e. The number of rotatable bonds is 3. The smallest absolute Gasteiger partial charge is 0.262 e. The fourth-order valence-corrected chi connectivity index (χ4v) is 0.320. The number of nitrogens with one attached hydrogen (secondary N) is 2. The summed E-state index contributed by atoms with van der Waals surface area (Å²) >= 11 is 0. The second-order valence-electron chi connectivity index (χ2n) is 2.46. The summed E-state index contributed by atoms with van der Waals surface area (Å²) < 4.78 is 0. The van der Waals surface area contributed by atoms with E-state index in [4.69, 9.17) is 5.11 Å². The number of hydrogen-bond donors (Lipinski definition) is 3. The first kappa shape index (κ1) is 9.39. The van der Waals surface area contributed by atoms with Gasteiger partial charge in [-0.05, 0) is 20.8 Å². The van der Waals surface area contributed by atoms with Crippen molar-refractivity contribution < 1.29 is 9.90 Å². The first-order chi connectivity index (χ1) is 4.54. The molecule has 0 spiro atoms. The van der Waals surface area contributed by atoms with Crippen LogP contribution in [0.4, 0.5) is 0 Å². The van der Waals surface area contributed by atoms with E-state index in [1.54, 1.807) is 0 Å². The third-order valence-electron chi connectivity index (χ3n) is 0.863. The van der Waals surface area contributed by atoms with Crippen LogP contribution >= 0.6 is 0 Å². The summed E-state index contributed by atoms with van der Waals surface area (Å²) in [6.45, 7) is 5.20. The lowest BCUT2D eigenvalue weighted by molar-refractivity contribution is -0.129. The molecule has 3 N–H and O–H groups in total. The van der Waals surface area contributed by atoms with Crippen molar-refractivity contribution in [3.63, 3.8) is 0 Å². The average Bonchev–Trinajstić information content (AvgIpc) is 1.82. The van der Waals surface area contributed by atoms with Crippen LogP contribution in [-0.4, -0.2) is 23.2 Å². The summed E-state index contributed by atoms with van der Waals surface area (Å²) in [5, 5.41) is 8.68. The number of aliphatic hydroxyl groups excluding tert-OH is 1. The van der Waals surface area contributed by atoms with Crippen molar-refractivity contribution in [2.45, 2.75) is 32.9 Å². The predicted octanol–water partition coefficient (Wildman–Crippen LogP) is -0.604. The van der Waals surface area contributed by atoms with Crippen molar-refractivity contribution in [2.75, 3.05) is 0 Å². The van der Waals surface area contributed by atoms with Gasteiger partial charge in [-0.1, -0.05) is 0 Å². The summed E-state index contributed by atoms with van der Waals surface area (Å²) in [6, 6.07) is 0.183. The Kier molecular flexibility index (Phi) is 3.99. The van der Waals surface area contributed by atoms with Crippen LogP contribution in [-0.2, 0) is 4.79 Å². The topological polar surface area (TPSA) is 61.4 Å². The first-order valence-corrected chi connectivity index (χ1v) is 3.27. The van der Waals surface area contributed by atoms with Gasteiger partial charge in [-0.25, -0.2) is 5.43 Å². The SMILES string of the molecule is CC(C)NNC(=O)C(C)O. The lowest BCUT2D eigenvalue weighted by atomic mass is 10.4. The van der Waals surface area contributed by atoms with Gasteiger partial charge in [-0.15, -0.1) is 0 Å². The van der Waals surface area contributed by atoms with Crippen LogP contribution < -0.4 is 10.9 Å². The standard InChI is InChI=1S/C6H14N2O2/c1-4(2)7-8-6(10)5(3)9/h4-5,7,9H,1-3H3,(H,8,10). The van der Waals surface area contributed by atoms with E-state index >= 15 is 0 Å². The van der Waals surface area contributed by atoms with Gasteiger partial charge >= 0.3 is 0 Å². The minimum Gasteiger partial charge on any atom is -0.384 e. The molecular weight excluding hydrogens is 132 g/mol. The molecule has 1 amide bonds. The number of aliphatic hydroxyl groups is 1. The molecule has 4 heteroatoms. The number of amides is 1. The lowest BCUT2D eigenvalue weighted by Crippen LogP contribution is -2.45. The van der Waals surface area contributed by atoms with Gasteiger partial charge in [0.25, 0.3) is 5.91 Å². The summed E-state index contributed by atoms with van der Waals surface area (Å²) in [5.41, 5.74) is 5.01. The maximum absolute atomic E-state index is 10.6. The van der Waals surface area contributed by atoms with Crippen LogP contribution in [0.25, 0.3) is 0 Å². The Labute approximate surface area is 60.6 Å². The summed E-state index contributed by atoms with van der Waals surface area (Å²) in [5.74, 6) is -0.409. The molecule has 0 fully saturated rings. The highest BCUT2D eigenvalue weighted by molar-refractivity contribution is 5.79. The first-order valence-electron chi connectivity index (χ1n) is 3.27. The van der Waals surface area contributed by atoms with Gasteiger partial charge in [0.2, 0.25) is 0 Å². The molecule has 0 aliphatic rings. The van der Waals surface area contributed by atoms with Gasteiger partial charge in [0.15, 0.2) is 0 Å². The second kappa shape index (κ2) is 4.24. The van der Waals surface area contributed by atoms with Gasteiger partial charge in [-0.3, -0.25) is 10.2 Å². The Hall–Kier alpha value is -0.610. The lowest BCUT2D eigenvalue weighted by Gasteiger charge is -2.10. The van der Waals surface area contributed by atoms with Crippen LogP contribution in [0.15, 0.2) is 0 Å². The molecule has 60 valence electrons. The van der Waals surface area contributed by atoms with Gasteiger partial charge in [0.05, 0.1) is 0 Å². The Morgan fingerprint density at radius 2 is 1.90 bits per heavy atom. The fourth-order valence-electron chi connectivity index (χ4n) is 0.320. The zero-order chi connectivity index (χ0) is 8.15. The Bertz CT molecular complexity index is 112. The average molecular weight is 146 g/mol. The minimum absolute atomic E-state index is 0.183. The Balaban J connectivity index is 3.40. The predicted molar refractivity (Wildman–Crippen MR) is 38.1 cm³/mol. The van der Waals surface area contributed by atoms with Crippen molar-refractivity contribution in [3.8, 4) is 0 Å². The van der Waals surface area contributed by atoms with Gasteiger partial charge < -0.3 is 5.11 Å². The zero-order valence-electron chi connectivity index (χ0n) is 6.51. The highest BCUT2D eigenvalue weighted by Crippen LogP contribution is 1.77. The second-order valence-corrected chi connectivity index (χ2v) is 2.46. The number of carbonyl (C=O) groups is 1. The molecule has 0 saturated carbocycles. The van der Waals surface area contributed by atoms with Gasteiger partial charge in [0.1, 0.15) is 6.10 Å². The molecule has 10 heavy (non-hydrogen) atoms. The third kappa shape index (κ3) is 4.29. The van der Waals surface area contributed by atoms with E-state index in [0.29, 0.717) is 0 Å². The number of carbonyl (C=O) groups excluding carboxylic acids is 1. The van der Waals surface area contributed by atoms with E-state index in [1.165, 1.54) is 6.92 Å². The summed E-state index contributed by atoms with van der Waals surface area (Å²) in [4.78, 5) is 10.6. The molecule has 0 aliphatic carbocycles. The highest BCUT2D eigenvalue weighted by atomic mass is 16.3. The van der Waals surface area contributed by atoms with Crippen LogP contribution in [0, 0.1) is 0 Å². The summed E-state index contributed by atoms with van der Waals surface area (Å²) in [7, 11) is 0. The molecule has 4 nitrogen and oxygen atoms in total. The maximum Gasteiger partial charge on any atom is 0.262 e. The monoisotopic (exact) mass is 146 g/mol. The van der Waals surface area contributed by atoms with E-state index in [9.17, 15) is 4.79 Å². The number of hydrazine groups is 1. The van der Waals surface area contributed by atoms with Crippen molar-refractivity contribution in [2.24, 2.45) is 0 Å². The molecule has 0 saturated heterocycles. The molecule has 0 radical (unpaired) electrons. The quantitative estimate of drug-likeness (QED) is 0.466. The van der Waals surface area contributed by atoms with E-state index < -0.39 is 12.0 Å². The maximum atomic E-state index is 10.6. The minimum atomic E-state index is -0.953. The van der Waals surface area contributed by atoms with E-state index in [2.05, 4.69) is 10.9 Å². The van der Waals surface area contributed by atoms with Gasteiger partial charge in [-0.2, -0.15) is 0 Å². The molecule has 1 atom stereocenters. The zero-order valence-corrected chi connectivity index (χ0v) is 6.51. The van der Waals surface area contributed by atoms with Crippen molar-refractivity contribution in [1.82, 2.24) is 10.9 Å². The molecule has 0 rings (SSSR count). The van der Waals surface area contributed by atoms with Crippen LogP contribution in [0.2, 0.25) is 0 Å². The molecule has 0 aromatic heterocycles. The Morgan fingerprint density at radius 1 is 1.40 bits per heavy atom.